The molecule has 4 rings (SSSR count). The van der Waals surface area contributed by atoms with E-state index in [1.54, 1.807) is 0 Å². The lowest BCUT2D eigenvalue weighted by Crippen LogP contribution is -2.40. The Balaban J connectivity index is 1.67. The van der Waals surface area contributed by atoms with E-state index in [2.05, 4.69) is 10.2 Å². The summed E-state index contributed by atoms with van der Waals surface area (Å²) in [6.45, 7) is 4.56. The number of piperidine rings is 1. The summed E-state index contributed by atoms with van der Waals surface area (Å²) in [4.78, 5) is 19.8. The highest BCUT2D eigenvalue weighted by atomic mass is 16.5. The van der Waals surface area contributed by atoms with E-state index in [-0.39, 0.29) is 12.0 Å². The minimum atomic E-state index is 0.0146. The molecule has 1 aliphatic heterocycles. The largest absolute Gasteiger partial charge is 0.377 e. The molecule has 2 fully saturated rings. The van der Waals surface area contributed by atoms with Gasteiger partial charge >= 0.3 is 0 Å². The number of carbonyl (C=O) groups excluding carboxylic acids is 1. The predicted molar refractivity (Wildman–Crippen MR) is 99.1 cm³/mol. The van der Waals surface area contributed by atoms with Crippen LogP contribution in [-0.4, -0.2) is 42.7 Å². The lowest BCUT2D eigenvalue weighted by atomic mass is 10.1. The topological polar surface area (TPSA) is 54.5 Å². The van der Waals surface area contributed by atoms with Crippen LogP contribution in [0.5, 0.6) is 0 Å². The molecule has 1 aromatic heterocycles. The molecule has 132 valence electrons. The number of benzene rings is 1. The normalized spacial score (nSPS) is 20.7. The van der Waals surface area contributed by atoms with Crippen LogP contribution < -0.4 is 10.2 Å². The van der Waals surface area contributed by atoms with Crippen LogP contribution in [0, 0.1) is 0 Å². The first-order chi connectivity index (χ1) is 12.2. The monoisotopic (exact) mass is 339 g/mol. The molecule has 1 aliphatic carbocycles. The minimum absolute atomic E-state index is 0.0146. The van der Waals surface area contributed by atoms with Crippen LogP contribution in [0.15, 0.2) is 30.3 Å². The molecule has 1 amide bonds. The van der Waals surface area contributed by atoms with Crippen LogP contribution >= 0.6 is 0 Å². The maximum absolute atomic E-state index is 12.7. The van der Waals surface area contributed by atoms with E-state index in [0.29, 0.717) is 6.04 Å². The third-order valence-electron chi connectivity index (χ3n) is 4.96. The molecule has 5 nitrogen and oxygen atoms in total. The van der Waals surface area contributed by atoms with E-state index in [1.165, 1.54) is 0 Å². The molecule has 0 radical (unpaired) electrons. The van der Waals surface area contributed by atoms with Crippen molar-refractivity contribution in [2.75, 3.05) is 24.6 Å². The van der Waals surface area contributed by atoms with Crippen molar-refractivity contribution < 1.29 is 9.53 Å². The van der Waals surface area contributed by atoms with Gasteiger partial charge in [0.2, 0.25) is 0 Å². The molecular weight excluding hydrogens is 314 g/mol. The van der Waals surface area contributed by atoms with Gasteiger partial charge in [0.1, 0.15) is 5.82 Å². The van der Waals surface area contributed by atoms with E-state index in [9.17, 15) is 4.79 Å². The van der Waals surface area contributed by atoms with Crippen LogP contribution in [0.3, 0.4) is 0 Å². The van der Waals surface area contributed by atoms with Crippen LogP contribution in [0.4, 0.5) is 5.82 Å². The standard InChI is InChI=1S/C20H25N3O2/c1-2-25-15-6-5-11-23(13-15)19-12-17(20(24)21-14-9-10-14)16-7-3-4-8-18(16)22-19/h3-4,7-8,12,14-15H,2,5-6,9-11,13H2,1H3,(H,21,24). The van der Waals surface area contributed by atoms with Gasteiger partial charge in [0.05, 0.1) is 17.2 Å². The molecule has 1 N–H and O–H groups in total. The number of rotatable bonds is 5. The number of hydrogen-bond donors (Lipinski definition) is 1. The number of nitrogens with one attached hydrogen (secondary N) is 1. The van der Waals surface area contributed by atoms with Crippen molar-refractivity contribution in [3.8, 4) is 0 Å². The fourth-order valence-electron chi connectivity index (χ4n) is 3.52. The maximum Gasteiger partial charge on any atom is 0.252 e. The van der Waals surface area contributed by atoms with Gasteiger partial charge in [-0.25, -0.2) is 4.98 Å². The van der Waals surface area contributed by atoms with Gasteiger partial charge in [-0.05, 0) is 44.7 Å². The fraction of sp³-hybridized carbons (Fsp3) is 0.500. The number of amides is 1. The lowest BCUT2D eigenvalue weighted by Gasteiger charge is -2.33. The Hall–Kier alpha value is -2.14. The molecule has 1 atom stereocenters. The summed E-state index contributed by atoms with van der Waals surface area (Å²) in [5, 5.41) is 4.03. The van der Waals surface area contributed by atoms with Crippen LogP contribution in [0.25, 0.3) is 10.9 Å². The van der Waals surface area contributed by atoms with E-state index in [4.69, 9.17) is 9.72 Å². The quantitative estimate of drug-likeness (QED) is 0.909. The fourth-order valence-corrected chi connectivity index (χ4v) is 3.52. The summed E-state index contributed by atoms with van der Waals surface area (Å²) in [6.07, 6.45) is 4.60. The first-order valence-electron chi connectivity index (χ1n) is 9.32. The van der Waals surface area contributed by atoms with E-state index >= 15 is 0 Å². The third kappa shape index (κ3) is 3.61. The number of carbonyl (C=O) groups is 1. The molecule has 1 unspecified atom stereocenters. The highest BCUT2D eigenvalue weighted by Crippen LogP contribution is 2.27. The van der Waals surface area contributed by atoms with Gasteiger partial charge in [-0.15, -0.1) is 0 Å². The van der Waals surface area contributed by atoms with Crippen LogP contribution in [0.1, 0.15) is 43.0 Å². The SMILES string of the molecule is CCOC1CCCN(c2cc(C(=O)NC3CC3)c3ccccc3n2)C1. The van der Waals surface area contributed by atoms with Crippen molar-refractivity contribution in [2.45, 2.75) is 44.8 Å². The molecule has 2 aromatic rings. The Morgan fingerprint density at radius 3 is 2.96 bits per heavy atom. The van der Waals surface area contributed by atoms with Gasteiger partial charge in [0.25, 0.3) is 5.91 Å². The number of fused-ring (bicyclic) bond motifs is 1. The first kappa shape index (κ1) is 16.3. The number of hydrogen-bond acceptors (Lipinski definition) is 4. The van der Waals surface area contributed by atoms with Gasteiger partial charge in [0.15, 0.2) is 0 Å². The molecule has 0 spiro atoms. The lowest BCUT2D eigenvalue weighted by molar-refractivity contribution is 0.0525. The molecule has 0 bridgehead atoms. The van der Waals surface area contributed by atoms with E-state index in [0.717, 1.165) is 67.7 Å². The number of pyridine rings is 1. The number of aromatic nitrogens is 1. The van der Waals surface area contributed by atoms with Gasteiger partial charge in [-0.1, -0.05) is 18.2 Å². The second kappa shape index (κ2) is 7.00. The van der Waals surface area contributed by atoms with Gasteiger partial charge in [0, 0.05) is 31.1 Å². The van der Waals surface area contributed by atoms with Crippen molar-refractivity contribution in [1.82, 2.24) is 10.3 Å². The number of para-hydroxylation sites is 1. The Morgan fingerprint density at radius 2 is 2.16 bits per heavy atom. The Labute approximate surface area is 148 Å². The molecule has 1 saturated carbocycles. The first-order valence-corrected chi connectivity index (χ1v) is 9.32. The molecule has 1 aromatic carbocycles. The van der Waals surface area contributed by atoms with Crippen molar-refractivity contribution in [3.05, 3.63) is 35.9 Å². The predicted octanol–water partition coefficient (Wildman–Crippen LogP) is 3.13. The zero-order valence-electron chi connectivity index (χ0n) is 14.7. The zero-order chi connectivity index (χ0) is 17.2. The van der Waals surface area contributed by atoms with E-state index < -0.39 is 0 Å². The smallest absolute Gasteiger partial charge is 0.252 e. The number of nitrogens with zero attached hydrogens (tertiary/aromatic N) is 2. The maximum atomic E-state index is 12.7. The molecule has 5 heteroatoms. The highest BCUT2D eigenvalue weighted by Gasteiger charge is 2.26. The second-order valence-corrected chi connectivity index (χ2v) is 6.96. The van der Waals surface area contributed by atoms with E-state index in [1.807, 2.05) is 37.3 Å². The molecule has 1 saturated heterocycles. The average Bonchev–Trinajstić information content (AvgIpc) is 3.45. The zero-order valence-corrected chi connectivity index (χ0v) is 14.7. The van der Waals surface area contributed by atoms with Crippen LogP contribution in [-0.2, 0) is 4.74 Å². The molecule has 2 heterocycles. The summed E-state index contributed by atoms with van der Waals surface area (Å²) in [7, 11) is 0. The van der Waals surface area contributed by atoms with Crippen molar-refractivity contribution in [3.63, 3.8) is 0 Å². The highest BCUT2D eigenvalue weighted by molar-refractivity contribution is 6.07. The third-order valence-corrected chi connectivity index (χ3v) is 4.96. The van der Waals surface area contributed by atoms with Crippen molar-refractivity contribution in [1.29, 1.82) is 0 Å². The summed E-state index contributed by atoms with van der Waals surface area (Å²) in [5.74, 6) is 0.893. The Bertz CT molecular complexity index is 771. The number of ether oxygens (including phenoxy) is 1. The Kier molecular flexibility index (Phi) is 4.57. The van der Waals surface area contributed by atoms with Crippen molar-refractivity contribution >= 4 is 22.6 Å². The van der Waals surface area contributed by atoms with Gasteiger partial charge < -0.3 is 15.0 Å². The van der Waals surface area contributed by atoms with Crippen LogP contribution in [0.2, 0.25) is 0 Å². The van der Waals surface area contributed by atoms with Crippen molar-refractivity contribution in [2.24, 2.45) is 0 Å². The van der Waals surface area contributed by atoms with Gasteiger partial charge in [-0.2, -0.15) is 0 Å². The second-order valence-electron chi connectivity index (χ2n) is 6.96. The van der Waals surface area contributed by atoms with Gasteiger partial charge in [-0.3, -0.25) is 4.79 Å². The number of anilines is 1. The molecule has 25 heavy (non-hydrogen) atoms. The molecule has 2 aliphatic rings. The average molecular weight is 339 g/mol. The minimum Gasteiger partial charge on any atom is -0.377 e. The summed E-state index contributed by atoms with van der Waals surface area (Å²) >= 11 is 0. The molecular formula is C20H25N3O2. The summed E-state index contributed by atoms with van der Waals surface area (Å²) < 4.78 is 5.81. The summed E-state index contributed by atoms with van der Waals surface area (Å²) in [6, 6.07) is 10.2. The Morgan fingerprint density at radius 1 is 1.32 bits per heavy atom. The summed E-state index contributed by atoms with van der Waals surface area (Å²) in [5.41, 5.74) is 1.60.